The lowest BCUT2D eigenvalue weighted by Crippen LogP contribution is -2.25. The molecule has 25 heavy (non-hydrogen) atoms. The minimum Gasteiger partial charge on any atom is -0.358 e. The van der Waals surface area contributed by atoms with Gasteiger partial charge in [0, 0.05) is 51.4 Å². The Bertz CT molecular complexity index is 605. The van der Waals surface area contributed by atoms with Crippen LogP contribution in [-0.2, 0) is 4.74 Å². The third-order valence-corrected chi connectivity index (χ3v) is 8.87. The van der Waals surface area contributed by atoms with Gasteiger partial charge in [-0.3, -0.25) is 9.44 Å². The van der Waals surface area contributed by atoms with Crippen molar-refractivity contribution < 1.29 is 14.3 Å². The van der Waals surface area contributed by atoms with Gasteiger partial charge in [0.15, 0.2) is 0 Å². The summed E-state index contributed by atoms with van der Waals surface area (Å²) in [5, 5.41) is 0. The number of rotatable bonds is 8. The number of amides is 2. The molecular weight excluding hydrogens is 437 g/mol. The van der Waals surface area contributed by atoms with E-state index < -0.39 is 12.2 Å². The van der Waals surface area contributed by atoms with Gasteiger partial charge in [-0.2, -0.15) is 0 Å². The Morgan fingerprint density at radius 3 is 1.48 bits per heavy atom. The zero-order valence-corrected chi connectivity index (χ0v) is 17.3. The van der Waals surface area contributed by atoms with Crippen LogP contribution in [0.25, 0.3) is 0 Å². The Labute approximate surface area is 168 Å². The molecule has 0 bridgehead atoms. The van der Waals surface area contributed by atoms with Crippen LogP contribution in [-0.4, -0.2) is 12.2 Å². The van der Waals surface area contributed by atoms with Crippen LogP contribution < -0.4 is 9.44 Å². The molecule has 0 unspecified atom stereocenters. The Kier molecular flexibility index (Phi) is 10.4. The number of ether oxygens (including phenoxy) is 1. The second-order valence-corrected chi connectivity index (χ2v) is 11.5. The van der Waals surface area contributed by atoms with Crippen molar-refractivity contribution in [3.05, 3.63) is 60.7 Å². The van der Waals surface area contributed by atoms with Crippen molar-refractivity contribution >= 4 is 75.4 Å². The van der Waals surface area contributed by atoms with Gasteiger partial charge in [0.25, 0.3) is 0 Å². The summed E-state index contributed by atoms with van der Waals surface area (Å²) in [6.07, 6.45) is -1.63. The lowest BCUT2D eigenvalue weighted by molar-refractivity contribution is 0.159. The van der Waals surface area contributed by atoms with E-state index >= 15 is 0 Å². The summed E-state index contributed by atoms with van der Waals surface area (Å²) in [5.74, 6) is 0. The fraction of sp³-hybridized carbons (Fsp3) is 0. The van der Waals surface area contributed by atoms with Crippen LogP contribution in [0.5, 0.6) is 0 Å². The zero-order valence-electron chi connectivity index (χ0n) is 12.4. The highest BCUT2D eigenvalue weighted by Gasteiger charge is 2.10. The summed E-state index contributed by atoms with van der Waals surface area (Å²) >= 11 is 0. The van der Waals surface area contributed by atoms with Crippen molar-refractivity contribution in [1.29, 1.82) is 0 Å². The maximum Gasteiger partial charge on any atom is 0.426 e. The minimum atomic E-state index is -0.815. The van der Waals surface area contributed by atoms with Crippen molar-refractivity contribution in [1.82, 2.24) is 9.44 Å². The topological polar surface area (TPSA) is 67.4 Å². The molecule has 0 aromatic heterocycles. The van der Waals surface area contributed by atoms with Crippen molar-refractivity contribution in [3.8, 4) is 0 Å². The van der Waals surface area contributed by atoms with Gasteiger partial charge in [-0.05, 0) is 45.9 Å². The van der Waals surface area contributed by atoms with Gasteiger partial charge in [-0.1, -0.05) is 36.4 Å². The van der Waals surface area contributed by atoms with Crippen LogP contribution in [0.3, 0.4) is 0 Å². The Hall–Kier alpha value is -0.720. The fourth-order valence-electron chi connectivity index (χ4n) is 1.29. The second kappa shape index (κ2) is 12.6. The van der Waals surface area contributed by atoms with Gasteiger partial charge in [0.05, 0.1) is 0 Å². The van der Waals surface area contributed by atoms with E-state index in [2.05, 4.69) is 14.2 Å². The van der Waals surface area contributed by atoms with Gasteiger partial charge in [0.2, 0.25) is 0 Å². The van der Waals surface area contributed by atoms with Crippen LogP contribution in [0, 0.1) is 0 Å². The molecule has 2 aromatic carbocycles. The Balaban J connectivity index is 1.50. The molecule has 0 spiro atoms. The van der Waals surface area contributed by atoms with E-state index in [0.717, 1.165) is 31.8 Å². The summed E-state index contributed by atoms with van der Waals surface area (Å²) < 4.78 is 9.40. The zero-order chi connectivity index (χ0) is 17.7. The molecule has 11 heteroatoms. The van der Waals surface area contributed by atoms with Gasteiger partial charge in [0.1, 0.15) is 0 Å². The highest BCUT2D eigenvalue weighted by atomic mass is 33.5. The number of carbonyl (C=O) groups is 2. The molecule has 5 nitrogen and oxygen atoms in total. The quantitative estimate of drug-likeness (QED) is 0.206. The maximum absolute atomic E-state index is 11.5. The fourth-order valence-corrected chi connectivity index (χ4v) is 6.94. The highest BCUT2D eigenvalue weighted by Crippen LogP contribution is 2.39. The first-order valence-corrected chi connectivity index (χ1v) is 13.6. The van der Waals surface area contributed by atoms with Crippen LogP contribution in [0.2, 0.25) is 0 Å². The monoisotopic (exact) mass is 448 g/mol. The molecule has 2 aromatic rings. The summed E-state index contributed by atoms with van der Waals surface area (Å²) in [5.41, 5.74) is 0. The summed E-state index contributed by atoms with van der Waals surface area (Å²) in [6, 6.07) is 19.5. The van der Waals surface area contributed by atoms with Gasteiger partial charge in [-0.25, -0.2) is 9.59 Å². The van der Waals surface area contributed by atoms with E-state index in [4.69, 9.17) is 0 Å². The maximum atomic E-state index is 11.5. The normalized spacial score (nSPS) is 10.1. The molecule has 0 aliphatic carbocycles. The first kappa shape index (κ1) is 20.6. The molecule has 0 saturated heterocycles. The lowest BCUT2D eigenvalue weighted by atomic mass is 10.4. The lowest BCUT2D eigenvalue weighted by Gasteiger charge is -2.05. The number of benzene rings is 2. The molecule has 0 heterocycles. The number of hydrogen-bond donors (Lipinski definition) is 2. The summed E-state index contributed by atoms with van der Waals surface area (Å²) in [7, 11) is 7.87. The van der Waals surface area contributed by atoms with Gasteiger partial charge in [-0.15, -0.1) is 0 Å². The highest BCUT2D eigenvalue weighted by molar-refractivity contribution is 9.09. The van der Waals surface area contributed by atoms with E-state index in [1.54, 1.807) is 0 Å². The van der Waals surface area contributed by atoms with Crippen LogP contribution in [0.4, 0.5) is 9.59 Å². The molecule has 0 radical (unpaired) electrons. The molecule has 2 rings (SSSR count). The summed E-state index contributed by atoms with van der Waals surface area (Å²) in [6.45, 7) is 0. The average molecular weight is 449 g/mol. The van der Waals surface area contributed by atoms with Crippen LogP contribution >= 0.6 is 63.2 Å². The SMILES string of the molecule is O=C(NSSSc1ccccc1)OC(=O)NSSSc1ccccc1. The van der Waals surface area contributed by atoms with Crippen molar-refractivity contribution in [2.45, 2.75) is 9.79 Å². The molecule has 0 fully saturated rings. The molecular formula is C14H12N2O3S6. The van der Waals surface area contributed by atoms with E-state index in [9.17, 15) is 9.59 Å². The molecule has 0 atom stereocenters. The van der Waals surface area contributed by atoms with E-state index in [1.807, 2.05) is 60.7 Å². The molecule has 0 aliphatic heterocycles. The standard InChI is InChI=1S/C14H12N2O3S6/c17-13(15-22-24-20-11-7-3-1-4-8-11)19-14(18)16-23-25-21-12-9-5-2-6-10-12/h1-10H,(H,15,17)(H,16,18). The minimum absolute atomic E-state index is 0.815. The molecule has 0 saturated carbocycles. The predicted molar refractivity (Wildman–Crippen MR) is 113 cm³/mol. The van der Waals surface area contributed by atoms with E-state index in [0.29, 0.717) is 0 Å². The molecule has 2 N–H and O–H groups in total. The largest absolute Gasteiger partial charge is 0.426 e. The average Bonchev–Trinajstić information content (AvgIpc) is 2.64. The van der Waals surface area contributed by atoms with E-state index in [-0.39, 0.29) is 0 Å². The molecule has 0 aliphatic rings. The first-order chi connectivity index (χ1) is 12.2. The predicted octanol–water partition coefficient (Wildman–Crippen LogP) is 6.43. The number of hydrogen-bond acceptors (Lipinski definition) is 9. The van der Waals surface area contributed by atoms with Crippen molar-refractivity contribution in [2.24, 2.45) is 0 Å². The van der Waals surface area contributed by atoms with Crippen LogP contribution in [0.1, 0.15) is 0 Å². The first-order valence-electron chi connectivity index (χ1n) is 6.62. The molecule has 2 amide bonds. The Morgan fingerprint density at radius 2 is 1.08 bits per heavy atom. The van der Waals surface area contributed by atoms with Gasteiger partial charge < -0.3 is 4.74 Å². The van der Waals surface area contributed by atoms with Crippen LogP contribution in [0.15, 0.2) is 70.5 Å². The summed E-state index contributed by atoms with van der Waals surface area (Å²) in [4.78, 5) is 25.1. The van der Waals surface area contributed by atoms with Gasteiger partial charge >= 0.3 is 12.2 Å². The number of carbonyl (C=O) groups excluding carboxylic acids is 2. The van der Waals surface area contributed by atoms with E-state index in [1.165, 1.54) is 41.2 Å². The second-order valence-electron chi connectivity index (χ2n) is 3.98. The third kappa shape index (κ3) is 9.52. The molecule has 132 valence electrons. The van der Waals surface area contributed by atoms with Crippen molar-refractivity contribution in [2.75, 3.05) is 0 Å². The number of nitrogens with one attached hydrogen (secondary N) is 2. The van der Waals surface area contributed by atoms with Crippen molar-refractivity contribution in [3.63, 3.8) is 0 Å². The Morgan fingerprint density at radius 1 is 0.680 bits per heavy atom. The third-order valence-electron chi connectivity index (χ3n) is 2.25. The smallest absolute Gasteiger partial charge is 0.358 e.